The molecule has 1 rings (SSSR count). The Hall–Kier alpha value is -0.330. The second kappa shape index (κ2) is 1.83. The minimum absolute atomic E-state index is 0.0833. The van der Waals surface area contributed by atoms with Gasteiger partial charge in [0.25, 0.3) is 0 Å². The summed E-state index contributed by atoms with van der Waals surface area (Å²) >= 11 is 0. The van der Waals surface area contributed by atoms with Crippen molar-refractivity contribution in [2.24, 2.45) is 11.3 Å². The maximum Gasteiger partial charge on any atom is -0.0333 e. The van der Waals surface area contributed by atoms with Gasteiger partial charge in [-0.2, -0.15) is 5.71 Å². The lowest BCUT2D eigenvalue weighted by Gasteiger charge is -2.29. The van der Waals surface area contributed by atoms with E-state index in [1.54, 1.807) is 0 Å². The standard InChI is InChI=1S/C8H14N/c1-6-4-5-7(9)8(6,2)3/h6H,4-5H2,1-3H3/q-1/t6-/m1/s1. The molecule has 0 unspecified atom stereocenters. The van der Waals surface area contributed by atoms with Crippen molar-refractivity contribution in [3.8, 4) is 0 Å². The molecule has 0 amide bonds. The average molecular weight is 124 g/mol. The predicted molar refractivity (Wildman–Crippen MR) is 40.5 cm³/mol. The van der Waals surface area contributed by atoms with Crippen LogP contribution < -0.4 is 0 Å². The maximum absolute atomic E-state index is 9.34. The largest absolute Gasteiger partial charge is 0.811 e. The van der Waals surface area contributed by atoms with Crippen molar-refractivity contribution in [1.82, 2.24) is 0 Å². The molecule has 0 spiro atoms. The van der Waals surface area contributed by atoms with Crippen LogP contribution in [0.3, 0.4) is 0 Å². The predicted octanol–water partition coefficient (Wildman–Crippen LogP) is 2.45. The van der Waals surface area contributed by atoms with E-state index in [1.807, 2.05) is 0 Å². The van der Waals surface area contributed by atoms with Crippen molar-refractivity contribution in [2.75, 3.05) is 0 Å². The fourth-order valence-corrected chi connectivity index (χ4v) is 1.32. The summed E-state index contributed by atoms with van der Waals surface area (Å²) < 4.78 is 0. The van der Waals surface area contributed by atoms with Crippen molar-refractivity contribution < 1.29 is 0 Å². The molecule has 0 aliphatic heterocycles. The highest BCUT2D eigenvalue weighted by Gasteiger charge is 2.30. The van der Waals surface area contributed by atoms with Crippen LogP contribution in [0.5, 0.6) is 0 Å². The third kappa shape index (κ3) is 0.887. The fraction of sp³-hybridized carbons (Fsp3) is 0.875. The number of hydrogen-bond acceptors (Lipinski definition) is 0. The zero-order valence-electron chi connectivity index (χ0n) is 6.44. The highest BCUT2D eigenvalue weighted by Crippen LogP contribution is 2.39. The lowest BCUT2D eigenvalue weighted by molar-refractivity contribution is 0.365. The first-order valence-electron chi connectivity index (χ1n) is 3.60. The molecule has 0 N–H and O–H groups in total. The molecule has 52 valence electrons. The Balaban J connectivity index is 2.78. The lowest BCUT2D eigenvalue weighted by atomic mass is 9.82. The maximum atomic E-state index is 9.34. The fourth-order valence-electron chi connectivity index (χ4n) is 1.32. The number of nitrogens with zero attached hydrogens (tertiary/aromatic N) is 1. The van der Waals surface area contributed by atoms with Crippen LogP contribution in [0.4, 0.5) is 0 Å². The van der Waals surface area contributed by atoms with Crippen molar-refractivity contribution in [3.63, 3.8) is 0 Å². The van der Waals surface area contributed by atoms with E-state index in [2.05, 4.69) is 20.8 Å². The van der Waals surface area contributed by atoms with E-state index in [1.165, 1.54) is 0 Å². The van der Waals surface area contributed by atoms with Gasteiger partial charge >= 0.3 is 0 Å². The molecule has 0 heterocycles. The Morgan fingerprint density at radius 1 is 1.56 bits per heavy atom. The molecule has 1 atom stereocenters. The summed E-state index contributed by atoms with van der Waals surface area (Å²) in [4.78, 5) is 0. The van der Waals surface area contributed by atoms with Crippen molar-refractivity contribution in [3.05, 3.63) is 5.41 Å². The van der Waals surface area contributed by atoms with Crippen LogP contribution in [0, 0.1) is 11.3 Å². The molecule has 1 aliphatic carbocycles. The molecule has 0 aromatic heterocycles. The first-order valence-corrected chi connectivity index (χ1v) is 3.60. The summed E-state index contributed by atoms with van der Waals surface area (Å²) in [6.45, 7) is 6.42. The smallest absolute Gasteiger partial charge is 0.0333 e. The van der Waals surface area contributed by atoms with Crippen LogP contribution in [-0.4, -0.2) is 5.71 Å². The molecule has 1 fully saturated rings. The van der Waals surface area contributed by atoms with Crippen molar-refractivity contribution in [2.45, 2.75) is 33.6 Å². The Kier molecular flexibility index (Phi) is 1.38. The van der Waals surface area contributed by atoms with Crippen molar-refractivity contribution in [1.29, 1.82) is 0 Å². The van der Waals surface area contributed by atoms with Crippen LogP contribution in [-0.2, 0) is 0 Å². The van der Waals surface area contributed by atoms with Gasteiger partial charge in [-0.25, -0.2) is 0 Å². The van der Waals surface area contributed by atoms with Gasteiger partial charge in [-0.1, -0.05) is 27.2 Å². The summed E-state index contributed by atoms with van der Waals surface area (Å²) in [5.74, 6) is 0.650. The topological polar surface area (TPSA) is 22.3 Å². The third-order valence-electron chi connectivity index (χ3n) is 2.79. The first kappa shape index (κ1) is 6.79. The van der Waals surface area contributed by atoms with Crippen LogP contribution in [0.25, 0.3) is 5.41 Å². The van der Waals surface area contributed by atoms with Gasteiger partial charge < -0.3 is 5.41 Å². The van der Waals surface area contributed by atoms with Gasteiger partial charge in [0.2, 0.25) is 0 Å². The zero-order valence-corrected chi connectivity index (χ0v) is 6.44. The van der Waals surface area contributed by atoms with E-state index in [0.29, 0.717) is 11.6 Å². The van der Waals surface area contributed by atoms with Crippen LogP contribution in [0.1, 0.15) is 33.6 Å². The average Bonchev–Trinajstić information content (AvgIpc) is 1.96. The van der Waals surface area contributed by atoms with Gasteiger partial charge in [0.15, 0.2) is 0 Å². The minimum Gasteiger partial charge on any atom is -0.811 e. The summed E-state index contributed by atoms with van der Waals surface area (Å²) in [7, 11) is 0. The van der Waals surface area contributed by atoms with Gasteiger partial charge in [-0.3, -0.25) is 0 Å². The van der Waals surface area contributed by atoms with Crippen LogP contribution in [0.2, 0.25) is 0 Å². The molecule has 9 heavy (non-hydrogen) atoms. The molecule has 1 heteroatoms. The molecule has 0 radical (unpaired) electrons. The third-order valence-corrected chi connectivity index (χ3v) is 2.79. The molecule has 0 saturated heterocycles. The molecular weight excluding hydrogens is 110 g/mol. The highest BCUT2D eigenvalue weighted by molar-refractivity contribution is 5.94. The monoisotopic (exact) mass is 124 g/mol. The summed E-state index contributed by atoms with van der Waals surface area (Å²) in [6.07, 6.45) is 2.06. The highest BCUT2D eigenvalue weighted by atomic mass is 14.5. The van der Waals surface area contributed by atoms with E-state index in [4.69, 9.17) is 0 Å². The Labute approximate surface area is 57.0 Å². The van der Waals surface area contributed by atoms with Gasteiger partial charge in [0, 0.05) is 0 Å². The lowest BCUT2D eigenvalue weighted by Crippen LogP contribution is -2.21. The molecule has 0 bridgehead atoms. The normalized spacial score (nSPS) is 33.2. The van der Waals surface area contributed by atoms with E-state index in [9.17, 15) is 5.41 Å². The quantitative estimate of drug-likeness (QED) is 0.473. The Morgan fingerprint density at radius 3 is 2.22 bits per heavy atom. The first-order chi connectivity index (χ1) is 4.05. The van der Waals surface area contributed by atoms with Gasteiger partial charge in [-0.15, -0.1) is 0 Å². The molecule has 1 saturated carbocycles. The Morgan fingerprint density at radius 2 is 2.11 bits per heavy atom. The minimum atomic E-state index is 0.0833. The second-order valence-electron chi connectivity index (χ2n) is 3.61. The van der Waals surface area contributed by atoms with E-state index < -0.39 is 0 Å². The molecule has 0 aromatic rings. The van der Waals surface area contributed by atoms with E-state index in [-0.39, 0.29) is 5.41 Å². The molecule has 1 aliphatic rings. The van der Waals surface area contributed by atoms with Gasteiger partial charge in [-0.05, 0) is 17.8 Å². The van der Waals surface area contributed by atoms with Gasteiger partial charge in [0.1, 0.15) is 0 Å². The molecule has 0 aromatic carbocycles. The second-order valence-corrected chi connectivity index (χ2v) is 3.61. The SMILES string of the molecule is C[C@@H]1CCC(=[N-])C1(C)C. The van der Waals surface area contributed by atoms with E-state index in [0.717, 1.165) is 12.8 Å². The number of rotatable bonds is 0. The zero-order chi connectivity index (χ0) is 7.07. The number of hydrogen-bond donors (Lipinski definition) is 0. The molecular formula is C8H14N-. The summed E-state index contributed by atoms with van der Waals surface area (Å²) in [5.41, 5.74) is 0.773. The van der Waals surface area contributed by atoms with Gasteiger partial charge in [0.05, 0.1) is 0 Å². The summed E-state index contributed by atoms with van der Waals surface area (Å²) in [5, 5.41) is 9.34. The van der Waals surface area contributed by atoms with Crippen molar-refractivity contribution >= 4 is 5.71 Å². The van der Waals surface area contributed by atoms with Crippen LogP contribution in [0.15, 0.2) is 0 Å². The molecule has 1 nitrogen and oxygen atoms in total. The summed E-state index contributed by atoms with van der Waals surface area (Å²) in [6, 6.07) is 0. The Bertz CT molecular complexity index is 136. The van der Waals surface area contributed by atoms with E-state index >= 15 is 0 Å². The van der Waals surface area contributed by atoms with Crippen LogP contribution >= 0.6 is 0 Å².